The topological polar surface area (TPSA) is 46.4 Å². The van der Waals surface area contributed by atoms with Crippen LogP contribution in [0, 0.1) is 6.92 Å². The lowest BCUT2D eigenvalue weighted by Gasteiger charge is -2.01. The largest absolute Gasteiger partial charge is 0.319 e. The van der Waals surface area contributed by atoms with Gasteiger partial charge in [0.05, 0.1) is 5.52 Å². The molecule has 0 aliphatic carbocycles. The first-order valence-corrected chi connectivity index (χ1v) is 5.33. The Hall–Kier alpha value is -1.68. The Labute approximate surface area is 94.3 Å². The van der Waals surface area contributed by atoms with Crippen molar-refractivity contribution in [2.24, 2.45) is 0 Å². The predicted molar refractivity (Wildman–Crippen MR) is 62.9 cm³/mol. The van der Waals surface area contributed by atoms with E-state index >= 15 is 0 Å². The molecule has 0 saturated carbocycles. The summed E-state index contributed by atoms with van der Waals surface area (Å²) in [6.45, 7) is 2.86. The number of nitrogens with zero attached hydrogens (tertiary/aromatic N) is 2. The van der Waals surface area contributed by atoms with Gasteiger partial charge in [-0.1, -0.05) is 0 Å². The molecule has 0 bridgehead atoms. The van der Waals surface area contributed by atoms with Crippen LogP contribution in [0.1, 0.15) is 21.9 Å². The fraction of sp³-hybridized carbons (Fsp3) is 0.333. The minimum atomic E-state index is 0.523. The van der Waals surface area contributed by atoms with Crippen LogP contribution in [0.4, 0.5) is 0 Å². The van der Waals surface area contributed by atoms with Crippen LogP contribution in [0.25, 0.3) is 5.52 Å². The van der Waals surface area contributed by atoms with Gasteiger partial charge in [-0.25, -0.2) is 4.98 Å². The van der Waals surface area contributed by atoms with Gasteiger partial charge < -0.3 is 9.72 Å². The molecule has 2 aromatic rings. The Bertz CT molecular complexity index is 516. The molecule has 0 aromatic carbocycles. The van der Waals surface area contributed by atoms with Crippen LogP contribution < -0.4 is 5.32 Å². The van der Waals surface area contributed by atoms with Gasteiger partial charge in [-0.05, 0) is 31.7 Å². The molecule has 1 N–H and O–H groups in total. The van der Waals surface area contributed by atoms with Gasteiger partial charge in [0, 0.05) is 19.2 Å². The van der Waals surface area contributed by atoms with Crippen molar-refractivity contribution in [2.45, 2.75) is 13.3 Å². The molecule has 0 spiro atoms. The van der Waals surface area contributed by atoms with Crippen LogP contribution in [-0.2, 0) is 6.42 Å². The summed E-state index contributed by atoms with van der Waals surface area (Å²) < 4.78 is 1.98. The Kier molecular flexibility index (Phi) is 3.01. The van der Waals surface area contributed by atoms with E-state index in [0.29, 0.717) is 5.69 Å². The van der Waals surface area contributed by atoms with Crippen molar-refractivity contribution in [3.8, 4) is 0 Å². The van der Waals surface area contributed by atoms with E-state index in [1.54, 1.807) is 0 Å². The number of aldehydes is 1. The molecule has 84 valence electrons. The zero-order valence-corrected chi connectivity index (χ0v) is 9.53. The highest BCUT2D eigenvalue weighted by molar-refractivity contribution is 5.84. The molecule has 0 radical (unpaired) electrons. The lowest BCUT2D eigenvalue weighted by Crippen LogP contribution is -2.12. The van der Waals surface area contributed by atoms with Crippen LogP contribution >= 0.6 is 0 Å². The molecule has 0 unspecified atom stereocenters. The molecule has 2 aromatic heterocycles. The number of aryl methyl sites for hydroxylation is 1. The van der Waals surface area contributed by atoms with Crippen molar-refractivity contribution < 1.29 is 4.79 Å². The summed E-state index contributed by atoms with van der Waals surface area (Å²) >= 11 is 0. The van der Waals surface area contributed by atoms with Gasteiger partial charge in [-0.3, -0.25) is 4.79 Å². The van der Waals surface area contributed by atoms with E-state index in [-0.39, 0.29) is 0 Å². The number of likely N-dealkylation sites (N-methyl/N-ethyl adjacent to an activating group) is 1. The summed E-state index contributed by atoms with van der Waals surface area (Å²) in [4.78, 5) is 15.3. The second-order valence-electron chi connectivity index (χ2n) is 3.84. The van der Waals surface area contributed by atoms with Crippen LogP contribution in [0.3, 0.4) is 0 Å². The molecule has 16 heavy (non-hydrogen) atoms. The average Bonchev–Trinajstić information content (AvgIpc) is 2.63. The molecule has 0 atom stereocenters. The van der Waals surface area contributed by atoms with Crippen molar-refractivity contribution >= 4 is 11.8 Å². The van der Waals surface area contributed by atoms with Gasteiger partial charge in [0.25, 0.3) is 0 Å². The number of imidazole rings is 1. The van der Waals surface area contributed by atoms with Crippen molar-refractivity contribution in [3.63, 3.8) is 0 Å². The van der Waals surface area contributed by atoms with Crippen molar-refractivity contribution in [2.75, 3.05) is 13.6 Å². The van der Waals surface area contributed by atoms with E-state index in [1.165, 1.54) is 0 Å². The predicted octanol–water partition coefficient (Wildman–Crippen LogP) is 1.22. The lowest BCUT2D eigenvalue weighted by molar-refractivity contribution is 0.112. The molecule has 0 aliphatic heterocycles. The molecule has 4 nitrogen and oxygen atoms in total. The molecule has 4 heteroatoms. The van der Waals surface area contributed by atoms with E-state index < -0.39 is 0 Å². The van der Waals surface area contributed by atoms with E-state index in [4.69, 9.17) is 0 Å². The third-order valence-corrected chi connectivity index (χ3v) is 2.61. The minimum absolute atomic E-state index is 0.523. The second kappa shape index (κ2) is 4.45. The first kappa shape index (κ1) is 10.8. The summed E-state index contributed by atoms with van der Waals surface area (Å²) in [6.07, 6.45) is 3.60. The van der Waals surface area contributed by atoms with Gasteiger partial charge in [-0.2, -0.15) is 0 Å². The highest BCUT2D eigenvalue weighted by Gasteiger charge is 2.09. The highest BCUT2D eigenvalue weighted by atomic mass is 16.1. The summed E-state index contributed by atoms with van der Waals surface area (Å²) in [5, 5.41) is 3.08. The zero-order valence-electron chi connectivity index (χ0n) is 9.53. The molecular weight excluding hydrogens is 202 g/mol. The standard InChI is InChI=1S/C12H15N3O/c1-9-4-6-15-11(7-9)10(8-16)14-12(15)3-5-13-2/h4,6-8,13H,3,5H2,1-2H3. The minimum Gasteiger partial charge on any atom is -0.319 e. The number of pyridine rings is 1. The van der Waals surface area contributed by atoms with Gasteiger partial charge in [0.1, 0.15) is 11.5 Å². The molecule has 0 fully saturated rings. The lowest BCUT2D eigenvalue weighted by atomic mass is 10.2. The number of hydrogen-bond acceptors (Lipinski definition) is 3. The number of aromatic nitrogens is 2. The third kappa shape index (κ3) is 1.84. The van der Waals surface area contributed by atoms with Crippen molar-refractivity contribution in [1.29, 1.82) is 0 Å². The summed E-state index contributed by atoms with van der Waals surface area (Å²) in [7, 11) is 1.90. The van der Waals surface area contributed by atoms with Gasteiger partial charge >= 0.3 is 0 Å². The smallest absolute Gasteiger partial charge is 0.170 e. The Morgan fingerprint density at radius 1 is 1.56 bits per heavy atom. The fourth-order valence-corrected chi connectivity index (χ4v) is 1.78. The average molecular weight is 217 g/mol. The normalized spacial score (nSPS) is 10.9. The SMILES string of the molecule is CNCCc1nc(C=O)c2cc(C)ccn12. The summed E-state index contributed by atoms with van der Waals surface area (Å²) in [5.74, 6) is 0.923. The number of carbonyl (C=O) groups excluding carboxylic acids is 1. The molecular formula is C12H15N3O. The highest BCUT2D eigenvalue weighted by Crippen LogP contribution is 2.13. The maximum Gasteiger partial charge on any atom is 0.170 e. The van der Waals surface area contributed by atoms with Crippen molar-refractivity contribution in [1.82, 2.24) is 14.7 Å². The first-order valence-electron chi connectivity index (χ1n) is 5.33. The van der Waals surface area contributed by atoms with Crippen LogP contribution in [0.2, 0.25) is 0 Å². The van der Waals surface area contributed by atoms with Crippen LogP contribution in [0.5, 0.6) is 0 Å². The van der Waals surface area contributed by atoms with E-state index in [2.05, 4.69) is 10.3 Å². The Balaban J connectivity index is 2.54. The van der Waals surface area contributed by atoms with Crippen molar-refractivity contribution in [3.05, 3.63) is 35.4 Å². The van der Waals surface area contributed by atoms with Crippen LogP contribution in [-0.4, -0.2) is 29.3 Å². The number of carbonyl (C=O) groups is 1. The molecule has 0 aliphatic rings. The Morgan fingerprint density at radius 2 is 2.38 bits per heavy atom. The van der Waals surface area contributed by atoms with Crippen LogP contribution in [0.15, 0.2) is 18.3 Å². The quantitative estimate of drug-likeness (QED) is 0.783. The van der Waals surface area contributed by atoms with Gasteiger partial charge in [0.15, 0.2) is 6.29 Å². The van der Waals surface area contributed by atoms with Gasteiger partial charge in [-0.15, -0.1) is 0 Å². The monoisotopic (exact) mass is 217 g/mol. The first-order chi connectivity index (χ1) is 7.76. The summed E-state index contributed by atoms with van der Waals surface area (Å²) in [6, 6.07) is 4.01. The second-order valence-corrected chi connectivity index (χ2v) is 3.84. The van der Waals surface area contributed by atoms with E-state index in [9.17, 15) is 4.79 Å². The molecule has 2 heterocycles. The zero-order chi connectivity index (χ0) is 11.5. The fourth-order valence-electron chi connectivity index (χ4n) is 1.78. The number of fused-ring (bicyclic) bond motifs is 1. The number of rotatable bonds is 4. The number of hydrogen-bond donors (Lipinski definition) is 1. The maximum atomic E-state index is 10.9. The maximum absolute atomic E-state index is 10.9. The number of nitrogens with one attached hydrogen (secondary N) is 1. The third-order valence-electron chi connectivity index (χ3n) is 2.61. The van der Waals surface area contributed by atoms with E-state index in [0.717, 1.165) is 36.2 Å². The molecule has 2 rings (SSSR count). The molecule has 0 amide bonds. The van der Waals surface area contributed by atoms with Gasteiger partial charge in [0.2, 0.25) is 0 Å². The molecule has 0 saturated heterocycles. The Morgan fingerprint density at radius 3 is 3.06 bits per heavy atom. The summed E-state index contributed by atoms with van der Waals surface area (Å²) in [5.41, 5.74) is 2.55. The van der Waals surface area contributed by atoms with E-state index in [1.807, 2.05) is 36.7 Å².